The van der Waals surface area contributed by atoms with Gasteiger partial charge in [-0.1, -0.05) is 6.07 Å². The van der Waals surface area contributed by atoms with Crippen LogP contribution in [-0.4, -0.2) is 31.2 Å². The molecule has 7 nitrogen and oxygen atoms in total. The highest BCUT2D eigenvalue weighted by Gasteiger charge is 2.20. The largest absolute Gasteiger partial charge is 0.507 e. The van der Waals surface area contributed by atoms with Gasteiger partial charge in [-0.15, -0.1) is 0 Å². The second-order valence-electron chi connectivity index (χ2n) is 6.01. The molecule has 0 spiro atoms. The second-order valence-corrected chi connectivity index (χ2v) is 7.17. The molecule has 8 heteroatoms. The summed E-state index contributed by atoms with van der Waals surface area (Å²) >= 11 is 2.11. The molecule has 4 rings (SSSR count). The number of benzene rings is 1. The predicted molar refractivity (Wildman–Crippen MR) is 102 cm³/mol. The summed E-state index contributed by atoms with van der Waals surface area (Å²) in [5.41, 5.74) is 2.58. The molecule has 1 unspecified atom stereocenters. The van der Waals surface area contributed by atoms with Gasteiger partial charge in [0, 0.05) is 13.2 Å². The van der Waals surface area contributed by atoms with E-state index in [1.807, 2.05) is 16.7 Å². The topological polar surface area (TPSA) is 85.1 Å². The van der Waals surface area contributed by atoms with Gasteiger partial charge in [-0.3, -0.25) is 4.57 Å². The van der Waals surface area contributed by atoms with Crippen molar-refractivity contribution < 1.29 is 9.84 Å². The van der Waals surface area contributed by atoms with Gasteiger partial charge in [0.1, 0.15) is 18.3 Å². The van der Waals surface area contributed by atoms with Crippen LogP contribution in [0.3, 0.4) is 0 Å². The minimum absolute atomic E-state index is 0.000164. The number of imidazole rings is 1. The number of anilines is 1. The summed E-state index contributed by atoms with van der Waals surface area (Å²) in [5, 5.41) is 12.9. The van der Waals surface area contributed by atoms with E-state index < -0.39 is 0 Å². The fourth-order valence-corrected chi connectivity index (χ4v) is 3.56. The first-order valence-corrected chi connectivity index (χ1v) is 9.30. The van der Waals surface area contributed by atoms with Gasteiger partial charge in [0.25, 0.3) is 0 Å². The van der Waals surface area contributed by atoms with E-state index in [2.05, 4.69) is 42.9 Å². The molecule has 2 N–H and O–H groups in total. The summed E-state index contributed by atoms with van der Waals surface area (Å²) in [4.78, 5) is 13.2. The lowest BCUT2D eigenvalue weighted by Gasteiger charge is -2.23. The van der Waals surface area contributed by atoms with Crippen LogP contribution in [-0.2, 0) is 11.3 Å². The Bertz CT molecular complexity index is 892. The van der Waals surface area contributed by atoms with Crippen molar-refractivity contribution >= 4 is 39.6 Å². The molecule has 3 aromatic rings. The van der Waals surface area contributed by atoms with Crippen LogP contribution in [0.4, 0.5) is 5.82 Å². The molecule has 0 amide bonds. The molecule has 1 aliphatic rings. The molecule has 1 saturated heterocycles. The quantitative estimate of drug-likeness (QED) is 0.592. The normalized spacial score (nSPS) is 17.7. The summed E-state index contributed by atoms with van der Waals surface area (Å²) in [6, 6.07) is 5.52. The molecule has 0 radical (unpaired) electrons. The average Bonchev–Trinajstić information content (AvgIpc) is 3.08. The zero-order chi connectivity index (χ0) is 17.2. The van der Waals surface area contributed by atoms with Gasteiger partial charge >= 0.3 is 0 Å². The van der Waals surface area contributed by atoms with Gasteiger partial charge in [-0.25, -0.2) is 15.0 Å². The Morgan fingerprint density at radius 1 is 1.28 bits per heavy atom. The number of hydrogen-bond acceptors (Lipinski definition) is 6. The van der Waals surface area contributed by atoms with Gasteiger partial charge in [0.05, 0.1) is 9.90 Å². The van der Waals surface area contributed by atoms with E-state index in [0.29, 0.717) is 18.1 Å². The highest BCUT2D eigenvalue weighted by molar-refractivity contribution is 14.1. The van der Waals surface area contributed by atoms with Gasteiger partial charge in [-0.2, -0.15) is 0 Å². The molecule has 1 fully saturated rings. The summed E-state index contributed by atoms with van der Waals surface area (Å²) in [5.74, 6) is 0.989. The van der Waals surface area contributed by atoms with Crippen LogP contribution in [0.25, 0.3) is 11.2 Å². The third kappa shape index (κ3) is 3.40. The number of phenols is 1. The van der Waals surface area contributed by atoms with Crippen LogP contribution in [0, 0.1) is 3.57 Å². The lowest BCUT2D eigenvalue weighted by molar-refractivity contribution is -0.0298. The third-order valence-electron chi connectivity index (χ3n) is 4.30. The van der Waals surface area contributed by atoms with Crippen LogP contribution in [0.1, 0.15) is 31.1 Å². The number of halogens is 1. The van der Waals surface area contributed by atoms with E-state index in [-0.39, 0.29) is 6.23 Å². The zero-order valence-electron chi connectivity index (χ0n) is 13.5. The Kier molecular flexibility index (Phi) is 4.71. The Balaban J connectivity index is 1.57. The molecule has 1 aliphatic heterocycles. The monoisotopic (exact) mass is 451 g/mol. The highest BCUT2D eigenvalue weighted by Crippen LogP contribution is 2.27. The first-order valence-electron chi connectivity index (χ1n) is 8.23. The Hall–Kier alpha value is -1.94. The zero-order valence-corrected chi connectivity index (χ0v) is 15.7. The second kappa shape index (κ2) is 7.12. The van der Waals surface area contributed by atoms with E-state index in [4.69, 9.17) is 4.74 Å². The number of fused-ring (bicyclic) bond motifs is 1. The fraction of sp³-hybridized carbons (Fsp3) is 0.353. The maximum atomic E-state index is 9.62. The van der Waals surface area contributed by atoms with Crippen molar-refractivity contribution in [2.45, 2.75) is 32.0 Å². The molecule has 0 saturated carbocycles. The number of nitrogens with one attached hydrogen (secondary N) is 1. The van der Waals surface area contributed by atoms with Crippen molar-refractivity contribution in [3.05, 3.63) is 40.0 Å². The summed E-state index contributed by atoms with van der Waals surface area (Å²) in [6.45, 7) is 1.37. The Morgan fingerprint density at radius 3 is 3.00 bits per heavy atom. The van der Waals surface area contributed by atoms with Gasteiger partial charge < -0.3 is 15.2 Å². The number of hydrogen-bond donors (Lipinski definition) is 2. The van der Waals surface area contributed by atoms with Crippen molar-refractivity contribution in [2.24, 2.45) is 0 Å². The molecule has 0 aliphatic carbocycles. The number of aromatic nitrogens is 4. The average molecular weight is 451 g/mol. The standard InChI is InChI=1S/C17H18IN5O2/c18-12-7-11(4-5-13(12)24)8-19-16-15-17(21-9-20-16)23(10-22-15)14-3-1-2-6-25-14/h4-5,7,9-10,14,24H,1-3,6,8H2,(H,19,20,21). The lowest BCUT2D eigenvalue weighted by Crippen LogP contribution is -2.17. The Labute approximate surface area is 158 Å². The van der Waals surface area contributed by atoms with Crippen LogP contribution >= 0.6 is 22.6 Å². The first kappa shape index (κ1) is 16.5. The van der Waals surface area contributed by atoms with Crippen molar-refractivity contribution in [3.63, 3.8) is 0 Å². The summed E-state index contributed by atoms with van der Waals surface area (Å²) in [7, 11) is 0. The minimum Gasteiger partial charge on any atom is -0.507 e. The molecule has 1 atom stereocenters. The van der Waals surface area contributed by atoms with Crippen LogP contribution in [0.5, 0.6) is 5.75 Å². The smallest absolute Gasteiger partial charge is 0.167 e. The maximum Gasteiger partial charge on any atom is 0.167 e. The van der Waals surface area contributed by atoms with Crippen LogP contribution in [0.2, 0.25) is 0 Å². The van der Waals surface area contributed by atoms with Crippen molar-refractivity contribution in [2.75, 3.05) is 11.9 Å². The SMILES string of the molecule is Oc1ccc(CNc2ncnc3c2ncn3C2CCCCO2)cc1I. The molecule has 0 bridgehead atoms. The van der Waals surface area contributed by atoms with E-state index in [1.165, 1.54) is 0 Å². The molecule has 2 aromatic heterocycles. The van der Waals surface area contributed by atoms with E-state index in [0.717, 1.165) is 46.2 Å². The predicted octanol–water partition coefficient (Wildman–Crippen LogP) is 3.45. The van der Waals surface area contributed by atoms with Crippen molar-refractivity contribution in [1.29, 1.82) is 0 Å². The molecular formula is C17H18IN5O2. The maximum absolute atomic E-state index is 9.62. The molecule has 130 valence electrons. The third-order valence-corrected chi connectivity index (χ3v) is 5.16. The highest BCUT2D eigenvalue weighted by atomic mass is 127. The van der Waals surface area contributed by atoms with Crippen LogP contribution < -0.4 is 5.32 Å². The fourth-order valence-electron chi connectivity index (χ4n) is 2.98. The molecule has 25 heavy (non-hydrogen) atoms. The van der Waals surface area contributed by atoms with Gasteiger partial charge in [0.15, 0.2) is 17.0 Å². The number of ether oxygens (including phenoxy) is 1. The van der Waals surface area contributed by atoms with E-state index in [9.17, 15) is 5.11 Å². The molecule has 3 heterocycles. The van der Waals surface area contributed by atoms with Crippen molar-refractivity contribution in [3.8, 4) is 5.75 Å². The van der Waals surface area contributed by atoms with Crippen molar-refractivity contribution in [1.82, 2.24) is 19.5 Å². The minimum atomic E-state index is 0.000164. The number of phenolic OH excluding ortho intramolecular Hbond substituents is 1. The number of aromatic hydroxyl groups is 1. The van der Waals surface area contributed by atoms with E-state index >= 15 is 0 Å². The van der Waals surface area contributed by atoms with Gasteiger partial charge in [0.2, 0.25) is 0 Å². The lowest BCUT2D eigenvalue weighted by atomic mass is 10.2. The molecular weight excluding hydrogens is 433 g/mol. The number of nitrogens with zero attached hydrogens (tertiary/aromatic N) is 4. The summed E-state index contributed by atoms with van der Waals surface area (Å²) in [6.07, 6.45) is 6.57. The first-order chi connectivity index (χ1) is 12.2. The van der Waals surface area contributed by atoms with Gasteiger partial charge in [-0.05, 0) is 59.5 Å². The number of rotatable bonds is 4. The van der Waals surface area contributed by atoms with Crippen LogP contribution in [0.15, 0.2) is 30.9 Å². The summed E-state index contributed by atoms with van der Waals surface area (Å²) < 4.78 is 8.66. The molecule has 1 aromatic carbocycles. The Morgan fingerprint density at radius 2 is 2.20 bits per heavy atom. The van der Waals surface area contributed by atoms with E-state index in [1.54, 1.807) is 18.7 Å².